The smallest absolute Gasteiger partial charge is 0.275 e. The van der Waals surface area contributed by atoms with Crippen molar-refractivity contribution in [1.82, 2.24) is 5.32 Å². The van der Waals surface area contributed by atoms with Gasteiger partial charge in [0.25, 0.3) is 5.91 Å². The molecule has 3 nitrogen and oxygen atoms in total. The first kappa shape index (κ1) is 15.0. The van der Waals surface area contributed by atoms with E-state index in [9.17, 15) is 9.18 Å². The Kier molecular flexibility index (Phi) is 5.12. The number of benzene rings is 1. The van der Waals surface area contributed by atoms with Crippen LogP contribution in [0.2, 0.25) is 0 Å². The van der Waals surface area contributed by atoms with Crippen molar-refractivity contribution in [3.63, 3.8) is 0 Å². The molecule has 1 aromatic carbocycles. The summed E-state index contributed by atoms with van der Waals surface area (Å²) in [5, 5.41) is 2.82. The van der Waals surface area contributed by atoms with Crippen LogP contribution in [0.25, 0.3) is 0 Å². The van der Waals surface area contributed by atoms with Gasteiger partial charge in [0.05, 0.1) is 13.1 Å². The standard InChI is InChI=1S/C16H23FN2O/c1-12-7-13(2)10-19(9-12)11-16(20)18-8-14-5-3-4-6-15(14)17/h3-6,12-13H,7-11H2,1-2H3,(H,18,20)/p+1/t12-,13-/m1/s1. The lowest BCUT2D eigenvalue weighted by Crippen LogP contribution is -3.15. The molecular weight excluding hydrogens is 255 g/mol. The molecule has 1 aliphatic heterocycles. The molecule has 20 heavy (non-hydrogen) atoms. The SMILES string of the molecule is C[C@@H]1C[C@@H](C)C[NH+](CC(=O)NCc2ccccc2F)C1. The molecule has 1 saturated heterocycles. The number of hydrogen-bond acceptors (Lipinski definition) is 1. The molecule has 1 fully saturated rings. The fourth-order valence-electron chi connectivity index (χ4n) is 3.19. The minimum atomic E-state index is -0.264. The van der Waals surface area contributed by atoms with E-state index in [2.05, 4.69) is 19.2 Å². The van der Waals surface area contributed by atoms with E-state index < -0.39 is 0 Å². The first-order valence-corrected chi connectivity index (χ1v) is 7.38. The molecule has 0 aromatic heterocycles. The van der Waals surface area contributed by atoms with Gasteiger partial charge in [-0.05, 0) is 12.5 Å². The Morgan fingerprint density at radius 2 is 1.95 bits per heavy atom. The second-order valence-corrected chi connectivity index (χ2v) is 6.15. The third-order valence-corrected chi connectivity index (χ3v) is 3.92. The topological polar surface area (TPSA) is 33.5 Å². The van der Waals surface area contributed by atoms with E-state index in [0.717, 1.165) is 13.1 Å². The van der Waals surface area contributed by atoms with Gasteiger partial charge in [-0.15, -0.1) is 0 Å². The lowest BCUT2D eigenvalue weighted by atomic mass is 9.92. The molecular formula is C16H24FN2O+. The van der Waals surface area contributed by atoms with Crippen LogP contribution in [0.15, 0.2) is 24.3 Å². The van der Waals surface area contributed by atoms with Crippen LogP contribution < -0.4 is 10.2 Å². The van der Waals surface area contributed by atoms with Gasteiger partial charge in [0.1, 0.15) is 5.82 Å². The molecule has 0 saturated carbocycles. The van der Waals surface area contributed by atoms with Crippen LogP contribution in [0.3, 0.4) is 0 Å². The summed E-state index contributed by atoms with van der Waals surface area (Å²) < 4.78 is 13.4. The maximum absolute atomic E-state index is 13.4. The van der Waals surface area contributed by atoms with Crippen LogP contribution >= 0.6 is 0 Å². The Balaban J connectivity index is 1.79. The Hall–Kier alpha value is -1.42. The highest BCUT2D eigenvalue weighted by Gasteiger charge is 2.26. The Bertz CT molecular complexity index is 454. The maximum Gasteiger partial charge on any atom is 0.275 e. The van der Waals surface area contributed by atoms with E-state index in [1.54, 1.807) is 18.2 Å². The third kappa shape index (κ3) is 4.30. The highest BCUT2D eigenvalue weighted by Crippen LogP contribution is 2.11. The number of carbonyl (C=O) groups is 1. The number of quaternary nitrogens is 1. The first-order valence-electron chi connectivity index (χ1n) is 7.38. The molecule has 1 aromatic rings. The van der Waals surface area contributed by atoms with Crippen molar-refractivity contribution in [2.45, 2.75) is 26.8 Å². The molecule has 0 spiro atoms. The summed E-state index contributed by atoms with van der Waals surface area (Å²) in [5.74, 6) is 1.09. The lowest BCUT2D eigenvalue weighted by molar-refractivity contribution is -0.904. The Labute approximate surface area is 120 Å². The van der Waals surface area contributed by atoms with Crippen molar-refractivity contribution in [2.75, 3.05) is 19.6 Å². The van der Waals surface area contributed by atoms with Crippen molar-refractivity contribution >= 4 is 5.91 Å². The van der Waals surface area contributed by atoms with Crippen LogP contribution in [-0.4, -0.2) is 25.5 Å². The molecule has 2 N–H and O–H groups in total. The highest BCUT2D eigenvalue weighted by atomic mass is 19.1. The molecule has 1 aliphatic rings. The van der Waals surface area contributed by atoms with Crippen LogP contribution in [-0.2, 0) is 11.3 Å². The maximum atomic E-state index is 13.4. The van der Waals surface area contributed by atoms with Crippen LogP contribution in [0.5, 0.6) is 0 Å². The van der Waals surface area contributed by atoms with Gasteiger partial charge in [0, 0.05) is 23.9 Å². The Morgan fingerprint density at radius 3 is 2.60 bits per heavy atom. The fourth-order valence-corrected chi connectivity index (χ4v) is 3.19. The summed E-state index contributed by atoms with van der Waals surface area (Å²) in [7, 11) is 0. The van der Waals surface area contributed by atoms with Gasteiger partial charge in [0.15, 0.2) is 6.54 Å². The minimum absolute atomic E-state index is 0.00422. The van der Waals surface area contributed by atoms with Gasteiger partial charge < -0.3 is 10.2 Å². The van der Waals surface area contributed by atoms with Gasteiger partial charge in [0.2, 0.25) is 0 Å². The first-order chi connectivity index (χ1) is 9.54. The molecule has 0 unspecified atom stereocenters. The second-order valence-electron chi connectivity index (χ2n) is 6.15. The molecule has 1 amide bonds. The predicted molar refractivity (Wildman–Crippen MR) is 76.8 cm³/mol. The fraction of sp³-hybridized carbons (Fsp3) is 0.562. The lowest BCUT2D eigenvalue weighted by Gasteiger charge is -2.31. The van der Waals surface area contributed by atoms with Crippen molar-refractivity contribution < 1.29 is 14.1 Å². The van der Waals surface area contributed by atoms with Crippen LogP contribution in [0.1, 0.15) is 25.8 Å². The third-order valence-electron chi connectivity index (χ3n) is 3.92. The number of carbonyl (C=O) groups excluding carboxylic acids is 1. The molecule has 2 atom stereocenters. The van der Waals surface area contributed by atoms with Crippen molar-refractivity contribution in [3.05, 3.63) is 35.6 Å². The monoisotopic (exact) mass is 279 g/mol. The van der Waals surface area contributed by atoms with E-state index in [4.69, 9.17) is 0 Å². The average Bonchev–Trinajstić information content (AvgIpc) is 2.36. The molecule has 0 radical (unpaired) electrons. The van der Waals surface area contributed by atoms with Gasteiger partial charge in [-0.1, -0.05) is 32.0 Å². The zero-order valence-corrected chi connectivity index (χ0v) is 12.3. The molecule has 1 heterocycles. The summed E-state index contributed by atoms with van der Waals surface area (Å²) in [6.45, 7) is 7.35. The number of nitrogens with one attached hydrogen (secondary N) is 2. The van der Waals surface area contributed by atoms with E-state index in [1.165, 1.54) is 17.4 Å². The van der Waals surface area contributed by atoms with Gasteiger partial charge in [-0.25, -0.2) is 4.39 Å². The minimum Gasteiger partial charge on any atom is -0.347 e. The average molecular weight is 279 g/mol. The zero-order chi connectivity index (χ0) is 14.5. The van der Waals surface area contributed by atoms with E-state index in [-0.39, 0.29) is 18.3 Å². The van der Waals surface area contributed by atoms with Gasteiger partial charge >= 0.3 is 0 Å². The van der Waals surface area contributed by atoms with Crippen molar-refractivity contribution in [1.29, 1.82) is 0 Å². The highest BCUT2D eigenvalue weighted by molar-refractivity contribution is 5.76. The summed E-state index contributed by atoms with van der Waals surface area (Å²) in [6, 6.07) is 6.55. The predicted octanol–water partition coefficient (Wildman–Crippen LogP) is 1.00. The molecule has 0 bridgehead atoms. The largest absolute Gasteiger partial charge is 0.347 e. The number of hydrogen-bond donors (Lipinski definition) is 2. The number of piperidine rings is 1. The zero-order valence-electron chi connectivity index (χ0n) is 12.3. The van der Waals surface area contributed by atoms with Gasteiger partial charge in [-0.3, -0.25) is 4.79 Å². The number of halogens is 1. The van der Waals surface area contributed by atoms with Crippen molar-refractivity contribution in [3.8, 4) is 0 Å². The van der Waals surface area contributed by atoms with E-state index in [0.29, 0.717) is 23.9 Å². The number of likely N-dealkylation sites (tertiary alicyclic amines) is 1. The molecule has 110 valence electrons. The molecule has 4 heteroatoms. The van der Waals surface area contributed by atoms with Crippen LogP contribution in [0, 0.1) is 17.7 Å². The van der Waals surface area contributed by atoms with E-state index in [1.807, 2.05) is 0 Å². The normalized spacial score (nSPS) is 26.2. The summed E-state index contributed by atoms with van der Waals surface area (Å²) in [6.07, 6.45) is 1.25. The van der Waals surface area contributed by atoms with Crippen LogP contribution in [0.4, 0.5) is 4.39 Å². The van der Waals surface area contributed by atoms with E-state index >= 15 is 0 Å². The summed E-state index contributed by atoms with van der Waals surface area (Å²) >= 11 is 0. The quantitative estimate of drug-likeness (QED) is 0.847. The Morgan fingerprint density at radius 1 is 1.30 bits per heavy atom. The summed E-state index contributed by atoms with van der Waals surface area (Å²) in [5.41, 5.74) is 0.538. The number of amides is 1. The van der Waals surface area contributed by atoms with Gasteiger partial charge in [-0.2, -0.15) is 0 Å². The molecule has 0 aliphatic carbocycles. The molecule has 2 rings (SSSR count). The van der Waals surface area contributed by atoms with Crippen molar-refractivity contribution in [2.24, 2.45) is 11.8 Å². The second kappa shape index (κ2) is 6.84. The summed E-state index contributed by atoms with van der Waals surface area (Å²) in [4.78, 5) is 13.3. The number of rotatable bonds is 4.